The first-order valence-corrected chi connectivity index (χ1v) is 9.53. The highest BCUT2D eigenvalue weighted by Gasteiger charge is 2.32. The number of nitrogens with one attached hydrogen (secondary N) is 2. The van der Waals surface area contributed by atoms with Crippen molar-refractivity contribution in [3.8, 4) is 5.75 Å². The maximum absolute atomic E-state index is 13.4. The summed E-state index contributed by atoms with van der Waals surface area (Å²) < 4.78 is 5.38. The Balaban J connectivity index is 1.95. The van der Waals surface area contributed by atoms with Gasteiger partial charge < -0.3 is 20.3 Å². The highest BCUT2D eigenvalue weighted by atomic mass is 16.5. The second kappa shape index (κ2) is 8.89. The second-order valence-corrected chi connectivity index (χ2v) is 7.01. The van der Waals surface area contributed by atoms with Gasteiger partial charge in [-0.15, -0.1) is 0 Å². The van der Waals surface area contributed by atoms with E-state index >= 15 is 0 Å². The largest absolute Gasteiger partial charge is 0.497 e. The molecule has 2 atom stereocenters. The van der Waals surface area contributed by atoms with E-state index < -0.39 is 6.04 Å². The van der Waals surface area contributed by atoms with E-state index in [1.807, 2.05) is 48.5 Å². The van der Waals surface area contributed by atoms with Crippen LogP contribution in [0.4, 0.5) is 5.69 Å². The van der Waals surface area contributed by atoms with E-state index in [9.17, 15) is 9.59 Å². The Hall–Kier alpha value is -2.86. The molecule has 0 aromatic heterocycles. The van der Waals surface area contributed by atoms with E-state index in [4.69, 9.17) is 4.74 Å². The minimum absolute atomic E-state index is 0.104. The molecule has 1 aliphatic heterocycles. The molecule has 28 heavy (non-hydrogen) atoms. The van der Waals surface area contributed by atoms with Gasteiger partial charge >= 0.3 is 0 Å². The first-order valence-electron chi connectivity index (χ1n) is 9.53. The molecule has 6 heteroatoms. The van der Waals surface area contributed by atoms with Crippen molar-refractivity contribution in [2.24, 2.45) is 0 Å². The quantitative estimate of drug-likeness (QED) is 0.805. The Morgan fingerprint density at radius 3 is 2.68 bits per heavy atom. The van der Waals surface area contributed by atoms with Gasteiger partial charge in [-0.2, -0.15) is 0 Å². The molecule has 0 spiro atoms. The maximum atomic E-state index is 13.4. The van der Waals surface area contributed by atoms with Crippen molar-refractivity contribution >= 4 is 17.5 Å². The Bertz CT molecular complexity index is 838. The molecule has 0 saturated carbocycles. The highest BCUT2D eigenvalue weighted by Crippen LogP contribution is 2.32. The molecule has 0 aliphatic carbocycles. The SMILES string of the molecule is CNC(C)C(=O)NC1CCc2ccc(OC)cc2N(Cc2ccccc2)C1=O. The van der Waals surface area contributed by atoms with Gasteiger partial charge in [0.2, 0.25) is 11.8 Å². The molecule has 148 valence electrons. The Morgan fingerprint density at radius 1 is 1.25 bits per heavy atom. The number of aryl methyl sites for hydroxylation is 1. The normalized spacial score (nSPS) is 17.5. The van der Waals surface area contributed by atoms with E-state index in [0.717, 1.165) is 16.8 Å². The number of rotatable bonds is 6. The third kappa shape index (κ3) is 4.34. The smallest absolute Gasteiger partial charge is 0.249 e. The maximum Gasteiger partial charge on any atom is 0.249 e. The number of ether oxygens (including phenoxy) is 1. The number of carbonyl (C=O) groups is 2. The lowest BCUT2D eigenvalue weighted by Gasteiger charge is -2.27. The summed E-state index contributed by atoms with van der Waals surface area (Å²) in [7, 11) is 3.34. The predicted molar refractivity (Wildman–Crippen MR) is 109 cm³/mol. The van der Waals surface area contributed by atoms with Crippen LogP contribution < -0.4 is 20.3 Å². The summed E-state index contributed by atoms with van der Waals surface area (Å²) in [5.74, 6) is 0.424. The standard InChI is InChI=1S/C22H27N3O3/c1-15(23-2)21(26)24-19-12-10-17-9-11-18(28-3)13-20(17)25(22(19)27)14-16-7-5-4-6-8-16/h4-9,11,13,15,19,23H,10,12,14H2,1-3H3,(H,24,26). The Kier molecular flexibility index (Phi) is 6.31. The second-order valence-electron chi connectivity index (χ2n) is 7.01. The lowest BCUT2D eigenvalue weighted by Crippen LogP contribution is -2.52. The molecule has 0 saturated heterocycles. The zero-order valence-corrected chi connectivity index (χ0v) is 16.6. The van der Waals surface area contributed by atoms with Gasteiger partial charge in [-0.1, -0.05) is 36.4 Å². The fourth-order valence-corrected chi connectivity index (χ4v) is 3.35. The van der Waals surface area contributed by atoms with Gasteiger partial charge in [0.25, 0.3) is 0 Å². The van der Waals surface area contributed by atoms with Crippen LogP contribution in [0.25, 0.3) is 0 Å². The van der Waals surface area contributed by atoms with Crippen LogP contribution in [0.5, 0.6) is 5.75 Å². The molecule has 0 fully saturated rings. The molecule has 2 unspecified atom stereocenters. The lowest BCUT2D eigenvalue weighted by atomic mass is 10.1. The molecule has 2 N–H and O–H groups in total. The number of amides is 2. The van der Waals surface area contributed by atoms with E-state index in [-0.39, 0.29) is 17.9 Å². The van der Waals surface area contributed by atoms with Crippen LogP contribution in [-0.2, 0) is 22.6 Å². The van der Waals surface area contributed by atoms with Crippen molar-refractivity contribution in [2.75, 3.05) is 19.1 Å². The minimum Gasteiger partial charge on any atom is -0.497 e. The number of carbonyl (C=O) groups excluding carboxylic acids is 2. The third-order valence-corrected chi connectivity index (χ3v) is 5.18. The van der Waals surface area contributed by atoms with Crippen LogP contribution in [0.1, 0.15) is 24.5 Å². The molecule has 6 nitrogen and oxygen atoms in total. The van der Waals surface area contributed by atoms with Crippen molar-refractivity contribution in [1.29, 1.82) is 0 Å². The molecule has 2 aromatic carbocycles. The van der Waals surface area contributed by atoms with Crippen LogP contribution in [0.2, 0.25) is 0 Å². The van der Waals surface area contributed by atoms with Crippen LogP contribution in [0.3, 0.4) is 0 Å². The summed E-state index contributed by atoms with van der Waals surface area (Å²) in [5.41, 5.74) is 2.94. The summed E-state index contributed by atoms with van der Waals surface area (Å²) in [5, 5.41) is 5.83. The predicted octanol–water partition coefficient (Wildman–Crippen LogP) is 2.27. The van der Waals surface area contributed by atoms with Crippen LogP contribution >= 0.6 is 0 Å². The average Bonchev–Trinajstić information content (AvgIpc) is 2.85. The summed E-state index contributed by atoms with van der Waals surface area (Å²) in [6.45, 7) is 2.21. The first kappa shape index (κ1) is 19.9. The number of benzene rings is 2. The van der Waals surface area contributed by atoms with E-state index in [1.165, 1.54) is 0 Å². The summed E-state index contributed by atoms with van der Waals surface area (Å²) in [6, 6.07) is 14.7. The van der Waals surface area contributed by atoms with Crippen molar-refractivity contribution in [2.45, 2.75) is 38.4 Å². The van der Waals surface area contributed by atoms with Gasteiger partial charge in [-0.3, -0.25) is 9.59 Å². The first-order chi connectivity index (χ1) is 13.5. The van der Waals surface area contributed by atoms with Gasteiger partial charge in [0, 0.05) is 6.07 Å². The average molecular weight is 381 g/mol. The molecule has 2 amide bonds. The molecule has 0 radical (unpaired) electrons. The molecular formula is C22H27N3O3. The number of anilines is 1. The van der Waals surface area contributed by atoms with Crippen LogP contribution in [-0.4, -0.2) is 38.1 Å². The van der Waals surface area contributed by atoms with Gasteiger partial charge in [-0.05, 0) is 44.0 Å². The van der Waals surface area contributed by atoms with E-state index in [1.54, 1.807) is 26.0 Å². The van der Waals surface area contributed by atoms with Crippen molar-refractivity contribution in [1.82, 2.24) is 10.6 Å². The number of hydrogen-bond donors (Lipinski definition) is 2. The lowest BCUT2D eigenvalue weighted by molar-refractivity contribution is -0.128. The van der Waals surface area contributed by atoms with Gasteiger partial charge in [0.05, 0.1) is 25.4 Å². The zero-order chi connectivity index (χ0) is 20.1. The molecule has 3 rings (SSSR count). The van der Waals surface area contributed by atoms with Gasteiger partial charge in [-0.25, -0.2) is 0 Å². The number of hydrogen-bond acceptors (Lipinski definition) is 4. The molecule has 1 heterocycles. The topological polar surface area (TPSA) is 70.7 Å². The molecule has 0 bridgehead atoms. The number of methoxy groups -OCH3 is 1. The van der Waals surface area contributed by atoms with E-state index in [0.29, 0.717) is 25.1 Å². The Labute approximate surface area is 165 Å². The number of fused-ring (bicyclic) bond motifs is 1. The van der Waals surface area contributed by atoms with Crippen molar-refractivity contribution in [3.63, 3.8) is 0 Å². The van der Waals surface area contributed by atoms with Gasteiger partial charge in [0.15, 0.2) is 0 Å². The number of nitrogens with zero attached hydrogens (tertiary/aromatic N) is 1. The summed E-state index contributed by atoms with van der Waals surface area (Å²) >= 11 is 0. The third-order valence-electron chi connectivity index (χ3n) is 5.18. The molecule has 2 aromatic rings. The minimum atomic E-state index is -0.564. The van der Waals surface area contributed by atoms with Gasteiger partial charge in [0.1, 0.15) is 11.8 Å². The van der Waals surface area contributed by atoms with E-state index in [2.05, 4.69) is 10.6 Å². The summed E-state index contributed by atoms with van der Waals surface area (Å²) in [4.78, 5) is 27.5. The molecule has 1 aliphatic rings. The zero-order valence-electron chi connectivity index (χ0n) is 16.6. The van der Waals surface area contributed by atoms with Crippen molar-refractivity contribution in [3.05, 3.63) is 59.7 Å². The fourth-order valence-electron chi connectivity index (χ4n) is 3.35. The molecular weight excluding hydrogens is 354 g/mol. The summed E-state index contributed by atoms with van der Waals surface area (Å²) in [6.07, 6.45) is 1.26. The Morgan fingerprint density at radius 2 is 2.00 bits per heavy atom. The van der Waals surface area contributed by atoms with Crippen LogP contribution in [0, 0.1) is 0 Å². The van der Waals surface area contributed by atoms with Crippen molar-refractivity contribution < 1.29 is 14.3 Å². The van der Waals surface area contributed by atoms with Crippen LogP contribution in [0.15, 0.2) is 48.5 Å². The monoisotopic (exact) mass is 381 g/mol. The highest BCUT2D eigenvalue weighted by molar-refractivity contribution is 6.01. The fraction of sp³-hybridized carbons (Fsp3) is 0.364. The number of likely N-dealkylation sites (N-methyl/N-ethyl adjacent to an activating group) is 1.